The third-order valence-corrected chi connectivity index (χ3v) is 12.1. The summed E-state index contributed by atoms with van der Waals surface area (Å²) in [6.07, 6.45) is 2.30. The van der Waals surface area contributed by atoms with Crippen molar-refractivity contribution in [2.45, 2.75) is 52.8 Å². The molecule has 0 aromatic heterocycles. The molecule has 0 saturated carbocycles. The number of benzene rings is 3. The van der Waals surface area contributed by atoms with Gasteiger partial charge in [-0.15, -0.1) is 0 Å². The summed E-state index contributed by atoms with van der Waals surface area (Å²) in [5.74, 6) is -0.529. The SMILES string of the molecule is CCOC(=O)CCCN1CCC(C(=O)c2ccc(S(OS(=O)(=O)C(F)(F)F)(c3ccccc3)c3ccccc3)cc2)CC1. The highest BCUT2D eigenvalue weighted by atomic mass is 32.3. The first-order valence-electron chi connectivity index (χ1n) is 14.0. The van der Waals surface area contributed by atoms with Crippen molar-refractivity contribution in [2.75, 3.05) is 26.2 Å². The van der Waals surface area contributed by atoms with Gasteiger partial charge in [0.1, 0.15) is 0 Å². The van der Waals surface area contributed by atoms with Crippen molar-refractivity contribution in [1.29, 1.82) is 0 Å². The number of hydrogen-bond donors (Lipinski definition) is 0. The fraction of sp³-hybridized carbons (Fsp3) is 0.355. The van der Waals surface area contributed by atoms with Crippen LogP contribution in [0.3, 0.4) is 0 Å². The number of esters is 1. The van der Waals surface area contributed by atoms with Crippen LogP contribution in [-0.4, -0.2) is 56.8 Å². The average molecular weight is 638 g/mol. The van der Waals surface area contributed by atoms with E-state index in [4.69, 9.17) is 8.37 Å². The highest BCUT2D eigenvalue weighted by molar-refractivity contribution is 8.33. The van der Waals surface area contributed by atoms with Crippen LogP contribution in [0.4, 0.5) is 13.2 Å². The van der Waals surface area contributed by atoms with Crippen LogP contribution in [0.2, 0.25) is 0 Å². The number of ketones is 1. The average Bonchev–Trinajstić information content (AvgIpc) is 3.00. The molecule has 0 aliphatic carbocycles. The molecule has 12 heteroatoms. The molecule has 0 radical (unpaired) electrons. The van der Waals surface area contributed by atoms with Gasteiger partial charge >= 0.3 is 21.6 Å². The molecule has 0 amide bonds. The Hall–Kier alpha value is -3.19. The zero-order chi connectivity index (χ0) is 31.1. The van der Waals surface area contributed by atoms with E-state index in [1.807, 2.05) is 0 Å². The van der Waals surface area contributed by atoms with Crippen LogP contribution in [0.25, 0.3) is 0 Å². The Labute approximate surface area is 251 Å². The van der Waals surface area contributed by atoms with E-state index in [-0.39, 0.29) is 32.4 Å². The Balaban J connectivity index is 1.59. The summed E-state index contributed by atoms with van der Waals surface area (Å²) in [7, 11) is -9.45. The lowest BCUT2D eigenvalue weighted by molar-refractivity contribution is -0.143. The molecule has 0 N–H and O–H groups in total. The van der Waals surface area contributed by atoms with Gasteiger partial charge in [-0.05, 0) is 92.5 Å². The van der Waals surface area contributed by atoms with Crippen LogP contribution in [0.5, 0.6) is 0 Å². The molecule has 3 aromatic carbocycles. The number of rotatable bonds is 12. The van der Waals surface area contributed by atoms with Crippen molar-refractivity contribution in [3.8, 4) is 0 Å². The lowest BCUT2D eigenvalue weighted by Gasteiger charge is -2.39. The Morgan fingerprint density at radius 2 is 1.35 bits per heavy atom. The molecule has 1 aliphatic heterocycles. The monoisotopic (exact) mass is 637 g/mol. The minimum absolute atomic E-state index is 0.0819. The van der Waals surface area contributed by atoms with Gasteiger partial charge in [-0.1, -0.05) is 48.5 Å². The Morgan fingerprint density at radius 3 is 1.84 bits per heavy atom. The van der Waals surface area contributed by atoms with Gasteiger partial charge in [0.25, 0.3) is 0 Å². The molecule has 232 valence electrons. The number of ether oxygens (including phenoxy) is 1. The topological polar surface area (TPSA) is 90.0 Å². The van der Waals surface area contributed by atoms with E-state index in [9.17, 15) is 31.2 Å². The van der Waals surface area contributed by atoms with E-state index in [2.05, 4.69) is 4.90 Å². The molecular weight excluding hydrogens is 603 g/mol. The van der Waals surface area contributed by atoms with Gasteiger partial charge in [-0.3, -0.25) is 9.59 Å². The van der Waals surface area contributed by atoms with Crippen LogP contribution in [0.1, 0.15) is 43.0 Å². The number of likely N-dealkylation sites (tertiary alicyclic amines) is 1. The minimum Gasteiger partial charge on any atom is -0.466 e. The zero-order valence-electron chi connectivity index (χ0n) is 23.7. The third-order valence-electron chi connectivity index (χ3n) is 7.22. The maximum atomic E-state index is 13.7. The number of nitrogens with zero attached hydrogens (tertiary/aromatic N) is 1. The van der Waals surface area contributed by atoms with Gasteiger partial charge in [0.15, 0.2) is 5.78 Å². The highest BCUT2D eigenvalue weighted by Gasteiger charge is 2.52. The zero-order valence-corrected chi connectivity index (χ0v) is 25.3. The minimum atomic E-state index is -6.02. The van der Waals surface area contributed by atoms with E-state index in [1.165, 1.54) is 48.5 Å². The fourth-order valence-corrected chi connectivity index (χ4v) is 9.81. The second kappa shape index (κ2) is 14.1. The summed E-state index contributed by atoms with van der Waals surface area (Å²) in [5.41, 5.74) is -5.25. The summed E-state index contributed by atoms with van der Waals surface area (Å²) < 4.78 is 76.3. The normalized spacial score (nSPS) is 15.6. The largest absolute Gasteiger partial charge is 0.524 e. The number of carbonyl (C=O) groups is 2. The Bertz CT molecular complexity index is 1440. The predicted molar refractivity (Wildman–Crippen MR) is 157 cm³/mol. The number of piperidine rings is 1. The number of carbonyl (C=O) groups excluding carboxylic acids is 2. The van der Waals surface area contributed by atoms with Crippen molar-refractivity contribution in [3.63, 3.8) is 0 Å². The second-order valence-corrected chi connectivity index (χ2v) is 14.5. The van der Waals surface area contributed by atoms with E-state index in [1.54, 1.807) is 43.3 Å². The summed E-state index contributed by atoms with van der Waals surface area (Å²) in [5, 5.41) is 0. The molecule has 4 rings (SSSR count). The molecule has 0 bridgehead atoms. The lowest BCUT2D eigenvalue weighted by Crippen LogP contribution is -2.37. The molecule has 1 heterocycles. The lowest BCUT2D eigenvalue weighted by atomic mass is 9.89. The Morgan fingerprint density at radius 1 is 0.837 bits per heavy atom. The van der Waals surface area contributed by atoms with Crippen LogP contribution in [-0.2, 0) is 23.3 Å². The van der Waals surface area contributed by atoms with Crippen molar-refractivity contribution in [2.24, 2.45) is 5.92 Å². The maximum Gasteiger partial charge on any atom is 0.524 e. The van der Waals surface area contributed by atoms with Gasteiger partial charge in [0, 0.05) is 32.6 Å². The van der Waals surface area contributed by atoms with E-state index >= 15 is 0 Å². The summed E-state index contributed by atoms with van der Waals surface area (Å²) >= 11 is 0. The van der Waals surface area contributed by atoms with Crippen molar-refractivity contribution >= 4 is 32.2 Å². The number of hydrogen-bond acceptors (Lipinski definition) is 7. The molecule has 0 spiro atoms. The fourth-order valence-electron chi connectivity index (χ4n) is 5.07. The van der Waals surface area contributed by atoms with Gasteiger partial charge < -0.3 is 9.64 Å². The van der Waals surface area contributed by atoms with E-state index < -0.39 is 25.9 Å². The molecule has 43 heavy (non-hydrogen) atoms. The smallest absolute Gasteiger partial charge is 0.466 e. The Kier molecular flexibility index (Phi) is 10.7. The van der Waals surface area contributed by atoms with Crippen LogP contribution in [0, 0.1) is 5.92 Å². The van der Waals surface area contributed by atoms with E-state index in [0.717, 1.165) is 6.54 Å². The molecular formula is C31H34F3NO6S2. The van der Waals surface area contributed by atoms with Crippen LogP contribution >= 0.6 is 10.3 Å². The molecule has 3 aromatic rings. The van der Waals surface area contributed by atoms with Crippen molar-refractivity contribution in [1.82, 2.24) is 4.90 Å². The molecule has 1 aliphatic rings. The molecule has 7 nitrogen and oxygen atoms in total. The van der Waals surface area contributed by atoms with Crippen LogP contribution in [0.15, 0.2) is 99.6 Å². The second-order valence-electron chi connectivity index (χ2n) is 10.1. The van der Waals surface area contributed by atoms with Gasteiger partial charge in [-0.25, -0.2) is 0 Å². The molecule has 1 saturated heterocycles. The molecule has 0 unspecified atom stereocenters. The van der Waals surface area contributed by atoms with Crippen molar-refractivity contribution in [3.05, 3.63) is 90.5 Å². The van der Waals surface area contributed by atoms with Crippen LogP contribution < -0.4 is 0 Å². The first-order valence-corrected chi connectivity index (χ1v) is 16.9. The summed E-state index contributed by atoms with van der Waals surface area (Å²) in [6, 6.07) is 21.9. The first kappa shape index (κ1) is 32.7. The van der Waals surface area contributed by atoms with Crippen molar-refractivity contribution < 1.29 is 39.5 Å². The van der Waals surface area contributed by atoms with E-state index in [0.29, 0.717) is 50.9 Å². The number of halogens is 3. The maximum absolute atomic E-state index is 13.7. The predicted octanol–water partition coefficient (Wildman–Crippen LogP) is 6.99. The highest BCUT2D eigenvalue weighted by Crippen LogP contribution is 2.70. The summed E-state index contributed by atoms with van der Waals surface area (Å²) in [4.78, 5) is 27.9. The third kappa shape index (κ3) is 7.67. The number of Topliss-reactive ketones (excluding diaryl/α,β-unsaturated/α-hetero) is 1. The quantitative estimate of drug-likeness (QED) is 0.120. The molecule has 1 fully saturated rings. The first-order chi connectivity index (χ1) is 20.5. The summed E-state index contributed by atoms with van der Waals surface area (Å²) in [6.45, 7) is 4.27. The van der Waals surface area contributed by atoms with Gasteiger partial charge in [-0.2, -0.15) is 25.2 Å². The standard InChI is InChI=1S/C31H34F3NO6S2/c1-2-40-29(36)14-9-21-35-22-19-25(20-23-35)30(37)24-15-17-28(18-16-24)42(26-10-5-3-6-11-26,27-12-7-4-8-13-27)41-43(38,39)31(32,33)34/h3-8,10-13,15-18,25H,2,9,14,19-23H2,1H3. The van der Waals surface area contributed by atoms with Gasteiger partial charge in [0.2, 0.25) is 0 Å². The molecule has 0 atom stereocenters. The van der Waals surface area contributed by atoms with Gasteiger partial charge in [0.05, 0.1) is 6.61 Å². The number of alkyl halides is 3.